The minimum absolute atomic E-state index is 0.0319. The van der Waals surface area contributed by atoms with Crippen LogP contribution >= 0.6 is 0 Å². The number of hydrogen-bond donors (Lipinski definition) is 2. The predicted octanol–water partition coefficient (Wildman–Crippen LogP) is 2.45. The molecule has 1 atom stereocenters. The summed E-state index contributed by atoms with van der Waals surface area (Å²) in [7, 11) is 0. The summed E-state index contributed by atoms with van der Waals surface area (Å²) in [5.74, 6) is 0.368. The molecule has 1 fully saturated rings. The molecule has 7 heteroatoms. The van der Waals surface area contributed by atoms with Gasteiger partial charge in [0.05, 0.1) is 18.8 Å². The Hall–Kier alpha value is -2.67. The van der Waals surface area contributed by atoms with E-state index in [9.17, 15) is 14.0 Å². The Kier molecular flexibility index (Phi) is 6.81. The smallest absolute Gasteiger partial charge is 0.237 e. The van der Waals surface area contributed by atoms with E-state index >= 15 is 0 Å². The van der Waals surface area contributed by atoms with Gasteiger partial charge in [0.25, 0.3) is 0 Å². The maximum Gasteiger partial charge on any atom is 0.237 e. The number of benzene rings is 1. The largest absolute Gasteiger partial charge is 0.467 e. The molecule has 2 heterocycles. The van der Waals surface area contributed by atoms with Crippen LogP contribution in [0.15, 0.2) is 47.1 Å². The highest BCUT2D eigenvalue weighted by molar-refractivity contribution is 5.81. The lowest BCUT2D eigenvalue weighted by atomic mass is 9.95. The second-order valence-electron chi connectivity index (χ2n) is 7.13. The Labute approximate surface area is 164 Å². The zero-order valence-electron chi connectivity index (χ0n) is 16.0. The number of rotatable bonds is 7. The highest BCUT2D eigenvalue weighted by atomic mass is 19.1. The van der Waals surface area contributed by atoms with E-state index in [0.29, 0.717) is 26.2 Å². The molecule has 0 bridgehead atoms. The molecule has 0 aliphatic carbocycles. The molecular formula is C21H26FN3O3. The van der Waals surface area contributed by atoms with Crippen LogP contribution in [0, 0.1) is 11.7 Å². The van der Waals surface area contributed by atoms with Crippen LogP contribution in [-0.4, -0.2) is 35.8 Å². The van der Waals surface area contributed by atoms with Crippen molar-refractivity contribution in [3.63, 3.8) is 0 Å². The Balaban J connectivity index is 1.40. The molecule has 28 heavy (non-hydrogen) atoms. The van der Waals surface area contributed by atoms with Gasteiger partial charge >= 0.3 is 0 Å². The second-order valence-corrected chi connectivity index (χ2v) is 7.13. The maximum absolute atomic E-state index is 12.9. The molecule has 150 valence electrons. The fourth-order valence-corrected chi connectivity index (χ4v) is 3.39. The van der Waals surface area contributed by atoms with Gasteiger partial charge in [-0.25, -0.2) is 4.39 Å². The van der Waals surface area contributed by atoms with E-state index in [-0.39, 0.29) is 29.6 Å². The van der Waals surface area contributed by atoms with Crippen molar-refractivity contribution in [3.8, 4) is 0 Å². The molecular weight excluding hydrogens is 361 g/mol. The van der Waals surface area contributed by atoms with Crippen molar-refractivity contribution in [2.45, 2.75) is 38.9 Å². The number of hydrogen-bond acceptors (Lipinski definition) is 4. The summed E-state index contributed by atoms with van der Waals surface area (Å²) in [5, 5.41) is 5.80. The van der Waals surface area contributed by atoms with Gasteiger partial charge in [-0.1, -0.05) is 12.1 Å². The van der Waals surface area contributed by atoms with E-state index in [4.69, 9.17) is 4.42 Å². The molecule has 1 unspecified atom stereocenters. The quantitative estimate of drug-likeness (QED) is 0.765. The van der Waals surface area contributed by atoms with Crippen LogP contribution < -0.4 is 10.6 Å². The lowest BCUT2D eigenvalue weighted by Gasteiger charge is -2.34. The summed E-state index contributed by atoms with van der Waals surface area (Å²) in [5.41, 5.74) is 0.855. The molecule has 2 N–H and O–H groups in total. The third-order valence-corrected chi connectivity index (χ3v) is 5.22. The number of carbonyl (C=O) groups excluding carboxylic acids is 2. The number of amides is 2. The lowest BCUT2D eigenvalue weighted by Crippen LogP contribution is -2.49. The van der Waals surface area contributed by atoms with E-state index in [0.717, 1.165) is 24.2 Å². The zero-order chi connectivity index (χ0) is 19.9. The molecule has 1 saturated heterocycles. The number of likely N-dealkylation sites (tertiary alicyclic amines) is 1. The lowest BCUT2D eigenvalue weighted by molar-refractivity contribution is -0.128. The topological polar surface area (TPSA) is 74.6 Å². The first-order valence-electron chi connectivity index (χ1n) is 9.59. The maximum atomic E-state index is 12.9. The van der Waals surface area contributed by atoms with E-state index in [1.807, 2.05) is 13.0 Å². The summed E-state index contributed by atoms with van der Waals surface area (Å²) < 4.78 is 18.2. The Bertz CT molecular complexity index is 769. The first-order valence-corrected chi connectivity index (χ1v) is 9.59. The molecule has 1 aliphatic heterocycles. The summed E-state index contributed by atoms with van der Waals surface area (Å²) in [6.45, 7) is 4.04. The minimum Gasteiger partial charge on any atom is -0.467 e. The molecule has 1 aliphatic rings. The average Bonchev–Trinajstić information content (AvgIpc) is 3.24. The molecule has 0 saturated carbocycles. The number of piperidine rings is 1. The van der Waals surface area contributed by atoms with Crippen LogP contribution in [0.4, 0.5) is 4.39 Å². The standard InChI is InChI=1S/C21H26FN3O3/c1-15(20(26)23-13-16-4-6-18(22)7-5-16)25-10-8-17(9-11-25)21(27)24-14-19-3-2-12-28-19/h2-7,12,15,17H,8-11,13-14H2,1H3,(H,23,26)(H,24,27). The van der Waals surface area contributed by atoms with Crippen molar-refractivity contribution < 1.29 is 18.4 Å². The van der Waals surface area contributed by atoms with Crippen LogP contribution in [-0.2, 0) is 22.7 Å². The number of furan rings is 1. The number of nitrogens with zero attached hydrogens (tertiary/aromatic N) is 1. The van der Waals surface area contributed by atoms with Crippen LogP contribution in [0.1, 0.15) is 31.1 Å². The first-order chi connectivity index (χ1) is 13.5. The van der Waals surface area contributed by atoms with Gasteiger partial charge in [-0.05, 0) is 62.7 Å². The van der Waals surface area contributed by atoms with Gasteiger partial charge in [0.1, 0.15) is 11.6 Å². The normalized spacial score (nSPS) is 16.5. The predicted molar refractivity (Wildman–Crippen MR) is 103 cm³/mol. The Morgan fingerprint density at radius 2 is 1.86 bits per heavy atom. The van der Waals surface area contributed by atoms with Crippen LogP contribution in [0.3, 0.4) is 0 Å². The fourth-order valence-electron chi connectivity index (χ4n) is 3.39. The van der Waals surface area contributed by atoms with E-state index in [2.05, 4.69) is 15.5 Å². The minimum atomic E-state index is -0.292. The first kappa shape index (κ1) is 20.1. The fraction of sp³-hybridized carbons (Fsp3) is 0.429. The van der Waals surface area contributed by atoms with Crippen LogP contribution in [0.25, 0.3) is 0 Å². The van der Waals surface area contributed by atoms with Gasteiger partial charge in [0.15, 0.2) is 0 Å². The van der Waals surface area contributed by atoms with Crippen molar-refractivity contribution in [2.24, 2.45) is 5.92 Å². The Morgan fingerprint density at radius 1 is 1.14 bits per heavy atom. The molecule has 0 spiro atoms. The average molecular weight is 387 g/mol. The van der Waals surface area contributed by atoms with Gasteiger partial charge in [-0.2, -0.15) is 0 Å². The monoisotopic (exact) mass is 387 g/mol. The third-order valence-electron chi connectivity index (χ3n) is 5.22. The summed E-state index contributed by atoms with van der Waals surface area (Å²) in [4.78, 5) is 26.8. The summed E-state index contributed by atoms with van der Waals surface area (Å²) in [6.07, 6.45) is 3.03. The van der Waals surface area contributed by atoms with Gasteiger partial charge in [0.2, 0.25) is 11.8 Å². The third kappa shape index (κ3) is 5.42. The molecule has 2 aromatic rings. The molecule has 1 aromatic heterocycles. The SMILES string of the molecule is CC(C(=O)NCc1ccc(F)cc1)N1CCC(C(=O)NCc2ccco2)CC1. The zero-order valence-corrected chi connectivity index (χ0v) is 16.0. The van der Waals surface area contributed by atoms with E-state index < -0.39 is 0 Å². The van der Waals surface area contributed by atoms with Crippen molar-refractivity contribution >= 4 is 11.8 Å². The highest BCUT2D eigenvalue weighted by Crippen LogP contribution is 2.19. The van der Waals surface area contributed by atoms with Crippen LogP contribution in [0.5, 0.6) is 0 Å². The van der Waals surface area contributed by atoms with Gasteiger partial charge in [-0.15, -0.1) is 0 Å². The number of halogens is 1. The molecule has 2 amide bonds. The van der Waals surface area contributed by atoms with E-state index in [1.165, 1.54) is 12.1 Å². The van der Waals surface area contributed by atoms with Crippen molar-refractivity contribution in [2.75, 3.05) is 13.1 Å². The van der Waals surface area contributed by atoms with Gasteiger partial charge in [0, 0.05) is 12.5 Å². The second kappa shape index (κ2) is 9.50. The molecule has 3 rings (SSSR count). The van der Waals surface area contributed by atoms with Gasteiger partial charge < -0.3 is 15.1 Å². The van der Waals surface area contributed by atoms with Gasteiger partial charge in [-0.3, -0.25) is 14.5 Å². The van der Waals surface area contributed by atoms with Crippen LogP contribution in [0.2, 0.25) is 0 Å². The molecule has 0 radical (unpaired) electrons. The molecule has 1 aromatic carbocycles. The van der Waals surface area contributed by atoms with Crippen molar-refractivity contribution in [3.05, 3.63) is 59.8 Å². The van der Waals surface area contributed by atoms with Crippen molar-refractivity contribution in [1.29, 1.82) is 0 Å². The summed E-state index contributed by atoms with van der Waals surface area (Å²) >= 11 is 0. The van der Waals surface area contributed by atoms with Crippen molar-refractivity contribution in [1.82, 2.24) is 15.5 Å². The number of carbonyl (C=O) groups is 2. The molecule has 6 nitrogen and oxygen atoms in total. The van der Waals surface area contributed by atoms with E-state index in [1.54, 1.807) is 24.5 Å². The highest BCUT2D eigenvalue weighted by Gasteiger charge is 2.29. The summed E-state index contributed by atoms with van der Waals surface area (Å²) in [6, 6.07) is 9.43. The number of nitrogens with one attached hydrogen (secondary N) is 2. The Morgan fingerprint density at radius 3 is 2.50 bits per heavy atom.